The maximum absolute atomic E-state index is 11.7. The van der Waals surface area contributed by atoms with E-state index in [4.69, 9.17) is 0 Å². The van der Waals surface area contributed by atoms with Crippen molar-refractivity contribution in [1.82, 2.24) is 20.4 Å². The normalized spacial score (nSPS) is 18.5. The van der Waals surface area contributed by atoms with E-state index in [1.165, 1.54) is 29.1 Å². The van der Waals surface area contributed by atoms with Crippen molar-refractivity contribution in [2.24, 2.45) is 0 Å². The van der Waals surface area contributed by atoms with E-state index >= 15 is 0 Å². The summed E-state index contributed by atoms with van der Waals surface area (Å²) in [5.41, 5.74) is 6.71. The summed E-state index contributed by atoms with van der Waals surface area (Å²) in [7, 11) is -4.54. The molecule has 0 amide bonds. The molecule has 3 heterocycles. The van der Waals surface area contributed by atoms with Crippen LogP contribution in [-0.4, -0.2) is 56.7 Å². The van der Waals surface area contributed by atoms with Crippen molar-refractivity contribution >= 4 is 39.4 Å². The van der Waals surface area contributed by atoms with Gasteiger partial charge in [-0.05, 0) is 88.2 Å². The molecule has 0 aliphatic carbocycles. The first-order valence-electron chi connectivity index (χ1n) is 14.1. The highest BCUT2D eigenvalue weighted by Gasteiger charge is 2.44. The van der Waals surface area contributed by atoms with Gasteiger partial charge in [0, 0.05) is 41.1 Å². The molecule has 218 valence electrons. The van der Waals surface area contributed by atoms with Crippen molar-refractivity contribution in [3.63, 3.8) is 0 Å². The third-order valence-electron chi connectivity index (χ3n) is 8.23. The van der Waals surface area contributed by atoms with Crippen molar-refractivity contribution in [2.75, 3.05) is 18.0 Å². The Labute approximate surface area is 247 Å². The number of anilines is 1. The Hall–Kier alpha value is -4.02. The van der Waals surface area contributed by atoms with Gasteiger partial charge in [-0.25, -0.2) is 8.42 Å². The molecule has 0 unspecified atom stereocenters. The van der Waals surface area contributed by atoms with Crippen LogP contribution in [0, 0.1) is 6.92 Å². The van der Waals surface area contributed by atoms with Gasteiger partial charge in [0.15, 0.2) is 17.4 Å². The van der Waals surface area contributed by atoms with Crippen molar-refractivity contribution in [3.05, 3.63) is 88.7 Å². The van der Waals surface area contributed by atoms with E-state index in [-0.39, 0.29) is 10.3 Å². The van der Waals surface area contributed by atoms with E-state index in [0.717, 1.165) is 29.1 Å². The summed E-state index contributed by atoms with van der Waals surface area (Å²) in [5, 5.41) is 16.1. The first-order valence-corrected chi connectivity index (χ1v) is 15.5. The Morgan fingerprint density at radius 1 is 0.905 bits per heavy atom. The molecule has 0 saturated carbocycles. The lowest BCUT2D eigenvalue weighted by molar-refractivity contribution is -0.433. The average Bonchev–Trinajstić information content (AvgIpc) is 3.30. The van der Waals surface area contributed by atoms with E-state index in [9.17, 15) is 13.0 Å². The van der Waals surface area contributed by atoms with Crippen LogP contribution in [0.15, 0.2) is 65.2 Å². The maximum atomic E-state index is 11.7. The second-order valence-electron chi connectivity index (χ2n) is 11.6. The van der Waals surface area contributed by atoms with Gasteiger partial charge in [0.1, 0.15) is 16.7 Å². The van der Waals surface area contributed by atoms with E-state index in [1.807, 2.05) is 12.2 Å². The predicted molar refractivity (Wildman–Crippen MR) is 164 cm³/mol. The minimum atomic E-state index is -4.54. The Morgan fingerprint density at radius 3 is 2.26 bits per heavy atom. The van der Waals surface area contributed by atoms with Crippen molar-refractivity contribution in [2.45, 2.75) is 64.2 Å². The highest BCUT2D eigenvalue weighted by molar-refractivity contribution is 7.85. The highest BCUT2D eigenvalue weighted by atomic mass is 32.2. The first-order chi connectivity index (χ1) is 19.8. The Morgan fingerprint density at radius 2 is 1.62 bits per heavy atom. The van der Waals surface area contributed by atoms with Gasteiger partial charge in [0.25, 0.3) is 0 Å². The lowest BCUT2D eigenvalue weighted by Gasteiger charge is -2.25. The molecule has 0 atom stereocenters. The number of hydrogen-bond acceptors (Lipinski definition) is 8. The number of aromatic nitrogens is 4. The van der Waals surface area contributed by atoms with Gasteiger partial charge in [-0.3, -0.25) is 0 Å². The molecular formula is C32H36N6O3S. The average molecular weight is 585 g/mol. The molecule has 2 aliphatic heterocycles. The van der Waals surface area contributed by atoms with Gasteiger partial charge < -0.3 is 9.45 Å². The van der Waals surface area contributed by atoms with Gasteiger partial charge in [-0.15, -0.1) is 20.4 Å². The topological polar surface area (TPSA) is 115 Å². The summed E-state index contributed by atoms with van der Waals surface area (Å²) < 4.78 is 37.5. The molecule has 1 aromatic heterocycles. The summed E-state index contributed by atoms with van der Waals surface area (Å²) in [6.45, 7) is 16.1. The van der Waals surface area contributed by atoms with Gasteiger partial charge in [-0.2, -0.15) is 4.58 Å². The molecule has 5 rings (SSSR count). The third-order valence-corrected chi connectivity index (χ3v) is 9.06. The molecule has 0 spiro atoms. The van der Waals surface area contributed by atoms with E-state index < -0.39 is 15.5 Å². The fourth-order valence-corrected chi connectivity index (χ4v) is 6.54. The minimum absolute atomic E-state index is 0.198. The van der Waals surface area contributed by atoms with Gasteiger partial charge in [0.2, 0.25) is 5.69 Å². The Balaban J connectivity index is 1.47. The summed E-state index contributed by atoms with van der Waals surface area (Å²) in [4.78, 5) is 1.98. The number of hydrogen-bond donors (Lipinski definition) is 0. The molecule has 2 aliphatic rings. The zero-order chi connectivity index (χ0) is 30.4. The zero-order valence-electron chi connectivity index (χ0n) is 25.1. The van der Waals surface area contributed by atoms with Crippen LogP contribution in [0.3, 0.4) is 0 Å². The standard InChI is InChI=1S/C32H36N6O3S/c1-8-37-26-16-13-22(14-18-30-35-33-21(3)34-36-30)19-24(26)31(4,5)28(37)11-10-12-29-32(6,7)25-20-23(42(39,40)41)15-17-27(25)38(29)9-2/h10-20H,8-9H2,1-7H3/b18-14+. The lowest BCUT2D eigenvalue weighted by Crippen LogP contribution is -2.28. The summed E-state index contributed by atoms with van der Waals surface area (Å²) in [6, 6.07) is 11.1. The molecule has 9 nitrogen and oxygen atoms in total. The monoisotopic (exact) mass is 584 g/mol. The van der Waals surface area contributed by atoms with Crippen molar-refractivity contribution < 1.29 is 17.5 Å². The number of fused-ring (bicyclic) bond motifs is 2. The molecule has 10 heteroatoms. The number of allylic oxidation sites excluding steroid dienone is 4. The fraction of sp³-hybridized carbons (Fsp3) is 0.344. The van der Waals surface area contributed by atoms with Crippen LogP contribution in [0.5, 0.6) is 0 Å². The first kappa shape index (κ1) is 29.5. The van der Waals surface area contributed by atoms with Crippen LogP contribution >= 0.6 is 0 Å². The maximum Gasteiger partial charge on any atom is 0.209 e. The smallest absolute Gasteiger partial charge is 0.209 e. The lowest BCUT2D eigenvalue weighted by atomic mass is 9.80. The molecule has 3 aromatic rings. The molecule has 42 heavy (non-hydrogen) atoms. The van der Waals surface area contributed by atoms with Crippen LogP contribution in [0.25, 0.3) is 12.2 Å². The molecule has 0 bridgehead atoms. The Bertz CT molecular complexity index is 1790. The highest BCUT2D eigenvalue weighted by Crippen LogP contribution is 2.48. The van der Waals surface area contributed by atoms with Gasteiger partial charge in [0.05, 0.1) is 10.3 Å². The number of benzene rings is 2. The fourth-order valence-electron chi connectivity index (χ4n) is 6.04. The van der Waals surface area contributed by atoms with Crippen LogP contribution in [0.2, 0.25) is 0 Å². The molecule has 0 radical (unpaired) electrons. The molecule has 2 aromatic carbocycles. The summed E-state index contributed by atoms with van der Waals surface area (Å²) in [5.74, 6) is 0.993. The van der Waals surface area contributed by atoms with Gasteiger partial charge >= 0.3 is 0 Å². The Kier molecular flexibility index (Phi) is 7.49. The molecule has 0 N–H and O–H groups in total. The molecule has 0 saturated heterocycles. The van der Waals surface area contributed by atoms with Crippen LogP contribution < -0.4 is 4.90 Å². The quantitative estimate of drug-likeness (QED) is 0.271. The van der Waals surface area contributed by atoms with Crippen LogP contribution in [-0.2, 0) is 20.9 Å². The number of likely N-dealkylation sites (N-methyl/N-ethyl adjacent to an activating group) is 1. The zero-order valence-corrected chi connectivity index (χ0v) is 25.9. The van der Waals surface area contributed by atoms with Gasteiger partial charge in [-0.1, -0.05) is 26.0 Å². The van der Waals surface area contributed by atoms with Crippen molar-refractivity contribution in [1.29, 1.82) is 0 Å². The minimum Gasteiger partial charge on any atom is -0.744 e. The predicted octanol–water partition coefficient (Wildman–Crippen LogP) is 5.30. The summed E-state index contributed by atoms with van der Waals surface area (Å²) in [6.07, 6.45) is 10.1. The molecule has 0 fully saturated rings. The SMILES string of the molecule is CCN1/C(=C/C=C/C2=[N+](CC)c3ccc(/C=C/c4nnc(C)nn4)cc3C2(C)C)C(C)(C)c2cc(S(=O)(=O)[O-])ccc21. The number of rotatable bonds is 7. The third kappa shape index (κ3) is 5.09. The second kappa shape index (κ2) is 10.7. The van der Waals surface area contributed by atoms with Crippen molar-refractivity contribution in [3.8, 4) is 0 Å². The van der Waals surface area contributed by atoms with E-state index in [1.54, 1.807) is 13.0 Å². The second-order valence-corrected chi connectivity index (χ2v) is 13.0. The summed E-state index contributed by atoms with van der Waals surface area (Å²) >= 11 is 0. The largest absolute Gasteiger partial charge is 0.744 e. The van der Waals surface area contributed by atoms with Crippen LogP contribution in [0.4, 0.5) is 11.4 Å². The van der Waals surface area contributed by atoms with E-state index in [0.29, 0.717) is 18.2 Å². The number of nitrogens with zero attached hydrogens (tertiary/aromatic N) is 6. The number of aryl methyl sites for hydroxylation is 1. The van der Waals surface area contributed by atoms with E-state index in [2.05, 4.69) is 108 Å². The van der Waals surface area contributed by atoms with Crippen LogP contribution in [0.1, 0.15) is 69.9 Å². The molecular weight excluding hydrogens is 548 g/mol.